The van der Waals surface area contributed by atoms with Crippen molar-refractivity contribution in [1.29, 1.82) is 0 Å². The van der Waals surface area contributed by atoms with Gasteiger partial charge in [0, 0.05) is 18.4 Å². The fourth-order valence-corrected chi connectivity index (χ4v) is 1.75. The Balaban J connectivity index is 2.02. The molecule has 1 heterocycles. The highest BCUT2D eigenvalue weighted by Gasteiger charge is 2.06. The van der Waals surface area contributed by atoms with Crippen molar-refractivity contribution in [1.82, 2.24) is 9.88 Å². The molecule has 0 aliphatic carbocycles. The van der Waals surface area contributed by atoms with Gasteiger partial charge < -0.3 is 10.2 Å². The van der Waals surface area contributed by atoms with E-state index < -0.39 is 0 Å². The average Bonchev–Trinajstić information content (AvgIpc) is 2.41. The van der Waals surface area contributed by atoms with Crippen LogP contribution in [0.5, 0.6) is 0 Å². The molecule has 98 valence electrons. The lowest BCUT2D eigenvalue weighted by molar-refractivity contribution is 0.102. The topological polar surface area (TPSA) is 45.2 Å². The second-order valence-corrected chi connectivity index (χ2v) is 4.60. The summed E-state index contributed by atoms with van der Waals surface area (Å²) in [6.45, 7) is 0.883. The molecule has 0 bridgehead atoms. The van der Waals surface area contributed by atoms with Crippen LogP contribution in [0.25, 0.3) is 0 Å². The van der Waals surface area contributed by atoms with Crippen molar-refractivity contribution >= 4 is 11.6 Å². The smallest absolute Gasteiger partial charge is 0.274 e. The number of nitrogens with one attached hydrogen (secondary N) is 1. The maximum atomic E-state index is 11.9. The number of pyridine rings is 1. The number of amides is 1. The number of benzene rings is 1. The van der Waals surface area contributed by atoms with Gasteiger partial charge in [0.1, 0.15) is 5.69 Å². The van der Waals surface area contributed by atoms with Crippen LogP contribution >= 0.6 is 0 Å². The Morgan fingerprint density at radius 2 is 1.89 bits per heavy atom. The summed E-state index contributed by atoms with van der Waals surface area (Å²) in [4.78, 5) is 18.0. The van der Waals surface area contributed by atoms with E-state index >= 15 is 0 Å². The van der Waals surface area contributed by atoms with Crippen LogP contribution in [-0.4, -0.2) is 29.9 Å². The molecule has 1 amide bonds. The number of hydrogen-bond acceptors (Lipinski definition) is 3. The van der Waals surface area contributed by atoms with Gasteiger partial charge in [-0.2, -0.15) is 0 Å². The zero-order valence-corrected chi connectivity index (χ0v) is 11.1. The Morgan fingerprint density at radius 3 is 2.47 bits per heavy atom. The van der Waals surface area contributed by atoms with Crippen molar-refractivity contribution in [2.45, 2.75) is 6.54 Å². The van der Waals surface area contributed by atoms with E-state index in [1.807, 2.05) is 38.4 Å². The molecule has 1 aromatic carbocycles. The number of aromatic nitrogens is 1. The molecule has 0 atom stereocenters. The number of carbonyl (C=O) groups excluding carboxylic acids is 1. The third kappa shape index (κ3) is 3.89. The van der Waals surface area contributed by atoms with Crippen LogP contribution in [0.2, 0.25) is 0 Å². The van der Waals surface area contributed by atoms with E-state index in [2.05, 4.69) is 15.2 Å². The van der Waals surface area contributed by atoms with Crippen molar-refractivity contribution in [3.05, 3.63) is 59.9 Å². The largest absolute Gasteiger partial charge is 0.321 e. The summed E-state index contributed by atoms with van der Waals surface area (Å²) in [5.41, 5.74) is 2.40. The molecule has 0 saturated heterocycles. The second kappa shape index (κ2) is 6.11. The fraction of sp³-hybridized carbons (Fsp3) is 0.200. The normalized spacial score (nSPS) is 10.5. The average molecular weight is 255 g/mol. The molecule has 0 aliphatic rings. The van der Waals surface area contributed by atoms with Crippen molar-refractivity contribution in [3.63, 3.8) is 0 Å². The summed E-state index contributed by atoms with van der Waals surface area (Å²) in [5.74, 6) is -0.194. The standard InChI is InChI=1S/C15H17N3O/c1-18(2)11-12-6-8-13(9-7-12)17-15(19)14-5-3-4-10-16-14/h3-10H,11H2,1-2H3,(H,17,19). The minimum atomic E-state index is -0.194. The first kappa shape index (κ1) is 13.2. The lowest BCUT2D eigenvalue weighted by Gasteiger charge is -2.10. The Hall–Kier alpha value is -2.20. The van der Waals surface area contributed by atoms with E-state index in [-0.39, 0.29) is 5.91 Å². The second-order valence-electron chi connectivity index (χ2n) is 4.60. The summed E-state index contributed by atoms with van der Waals surface area (Å²) >= 11 is 0. The molecule has 0 unspecified atom stereocenters. The summed E-state index contributed by atoms with van der Waals surface area (Å²) in [6, 6.07) is 13.1. The van der Waals surface area contributed by atoms with Gasteiger partial charge in [0.05, 0.1) is 0 Å². The monoisotopic (exact) mass is 255 g/mol. The Bertz CT molecular complexity index is 535. The van der Waals surface area contributed by atoms with Crippen LogP contribution in [0.4, 0.5) is 5.69 Å². The molecule has 19 heavy (non-hydrogen) atoms. The number of anilines is 1. The van der Waals surface area contributed by atoms with Gasteiger partial charge in [0.15, 0.2) is 0 Å². The van der Waals surface area contributed by atoms with Crippen LogP contribution in [0, 0.1) is 0 Å². The first-order chi connectivity index (χ1) is 9.15. The molecular weight excluding hydrogens is 238 g/mol. The summed E-state index contributed by atoms with van der Waals surface area (Å²) in [5, 5.41) is 2.82. The first-order valence-electron chi connectivity index (χ1n) is 6.11. The predicted octanol–water partition coefficient (Wildman–Crippen LogP) is 2.40. The van der Waals surface area contributed by atoms with Crippen LogP contribution < -0.4 is 5.32 Å². The van der Waals surface area contributed by atoms with Gasteiger partial charge in [-0.05, 0) is 43.9 Å². The Labute approximate surface area is 113 Å². The van der Waals surface area contributed by atoms with Crippen molar-refractivity contribution in [2.24, 2.45) is 0 Å². The highest BCUT2D eigenvalue weighted by atomic mass is 16.1. The third-order valence-corrected chi connectivity index (χ3v) is 2.61. The van der Waals surface area contributed by atoms with E-state index in [1.165, 1.54) is 5.56 Å². The molecule has 0 spiro atoms. The zero-order chi connectivity index (χ0) is 13.7. The van der Waals surface area contributed by atoms with Gasteiger partial charge in [-0.3, -0.25) is 9.78 Å². The zero-order valence-electron chi connectivity index (χ0n) is 11.1. The van der Waals surface area contributed by atoms with Gasteiger partial charge in [-0.25, -0.2) is 0 Å². The van der Waals surface area contributed by atoms with E-state index in [9.17, 15) is 4.79 Å². The van der Waals surface area contributed by atoms with E-state index in [0.717, 1.165) is 12.2 Å². The molecule has 2 aromatic rings. The third-order valence-electron chi connectivity index (χ3n) is 2.61. The van der Waals surface area contributed by atoms with E-state index in [0.29, 0.717) is 5.69 Å². The van der Waals surface area contributed by atoms with Crippen LogP contribution in [0.3, 0.4) is 0 Å². The first-order valence-corrected chi connectivity index (χ1v) is 6.11. The Kier molecular flexibility index (Phi) is 4.26. The molecular formula is C15H17N3O. The molecule has 0 saturated carbocycles. The number of rotatable bonds is 4. The predicted molar refractivity (Wildman–Crippen MR) is 76.0 cm³/mol. The minimum absolute atomic E-state index is 0.194. The highest BCUT2D eigenvalue weighted by Crippen LogP contribution is 2.11. The molecule has 0 fully saturated rings. The molecule has 4 heteroatoms. The molecule has 1 aromatic heterocycles. The van der Waals surface area contributed by atoms with Crippen LogP contribution in [0.15, 0.2) is 48.7 Å². The van der Waals surface area contributed by atoms with E-state index in [1.54, 1.807) is 24.4 Å². The van der Waals surface area contributed by atoms with Crippen molar-refractivity contribution in [3.8, 4) is 0 Å². The highest BCUT2D eigenvalue weighted by molar-refractivity contribution is 6.02. The minimum Gasteiger partial charge on any atom is -0.321 e. The van der Waals surface area contributed by atoms with Crippen LogP contribution in [0.1, 0.15) is 16.1 Å². The van der Waals surface area contributed by atoms with Crippen molar-refractivity contribution < 1.29 is 4.79 Å². The molecule has 4 nitrogen and oxygen atoms in total. The Morgan fingerprint density at radius 1 is 1.16 bits per heavy atom. The molecule has 1 N–H and O–H groups in total. The molecule has 2 rings (SSSR count). The maximum absolute atomic E-state index is 11.9. The lowest BCUT2D eigenvalue weighted by atomic mass is 10.2. The van der Waals surface area contributed by atoms with Gasteiger partial charge in [0.2, 0.25) is 0 Å². The SMILES string of the molecule is CN(C)Cc1ccc(NC(=O)c2ccccn2)cc1. The van der Waals surface area contributed by atoms with Gasteiger partial charge >= 0.3 is 0 Å². The maximum Gasteiger partial charge on any atom is 0.274 e. The summed E-state index contributed by atoms with van der Waals surface area (Å²) in [7, 11) is 4.05. The fourth-order valence-electron chi connectivity index (χ4n) is 1.75. The van der Waals surface area contributed by atoms with Gasteiger partial charge in [-0.1, -0.05) is 18.2 Å². The number of carbonyl (C=O) groups is 1. The summed E-state index contributed by atoms with van der Waals surface area (Å²) in [6.07, 6.45) is 1.61. The van der Waals surface area contributed by atoms with Gasteiger partial charge in [0.25, 0.3) is 5.91 Å². The van der Waals surface area contributed by atoms with E-state index in [4.69, 9.17) is 0 Å². The van der Waals surface area contributed by atoms with Crippen molar-refractivity contribution in [2.75, 3.05) is 19.4 Å². The summed E-state index contributed by atoms with van der Waals surface area (Å²) < 4.78 is 0. The lowest BCUT2D eigenvalue weighted by Crippen LogP contribution is -2.13. The molecule has 0 aliphatic heterocycles. The quantitative estimate of drug-likeness (QED) is 0.912. The number of hydrogen-bond donors (Lipinski definition) is 1. The van der Waals surface area contributed by atoms with Gasteiger partial charge in [-0.15, -0.1) is 0 Å². The number of nitrogens with zero attached hydrogens (tertiary/aromatic N) is 2. The molecule has 0 radical (unpaired) electrons. The van der Waals surface area contributed by atoms with Crippen LogP contribution in [-0.2, 0) is 6.54 Å².